The van der Waals surface area contributed by atoms with Crippen molar-refractivity contribution in [3.05, 3.63) is 120 Å². The maximum absolute atomic E-state index is 2.40. The summed E-state index contributed by atoms with van der Waals surface area (Å²) >= 11 is 0. The average Bonchev–Trinajstić information content (AvgIpc) is 2.91. The van der Waals surface area contributed by atoms with Crippen LogP contribution < -0.4 is 4.90 Å². The molecule has 0 saturated carbocycles. The summed E-state index contributed by atoms with van der Waals surface area (Å²) in [5.74, 6) is 0. The summed E-state index contributed by atoms with van der Waals surface area (Å²) in [6, 6.07) is 40.1. The first-order chi connectivity index (χ1) is 17.1. The Kier molecular flexibility index (Phi) is 5.26. The first-order valence-electron chi connectivity index (χ1n) is 12.4. The van der Waals surface area contributed by atoms with Crippen LogP contribution in [-0.4, -0.2) is 6.54 Å². The van der Waals surface area contributed by atoms with Gasteiger partial charge in [0.1, 0.15) is 0 Å². The molecule has 0 aliphatic rings. The minimum atomic E-state index is 0.903. The van der Waals surface area contributed by atoms with E-state index in [9.17, 15) is 0 Å². The second-order valence-corrected chi connectivity index (χ2v) is 9.41. The van der Waals surface area contributed by atoms with Gasteiger partial charge in [-0.1, -0.05) is 84.9 Å². The lowest BCUT2D eigenvalue weighted by molar-refractivity contribution is 1.03. The lowest BCUT2D eigenvalue weighted by Crippen LogP contribution is -2.15. The molecule has 0 fully saturated rings. The molecule has 0 aliphatic carbocycles. The summed E-state index contributed by atoms with van der Waals surface area (Å²) in [4.78, 5) is 2.40. The third kappa shape index (κ3) is 3.65. The Morgan fingerprint density at radius 3 is 1.54 bits per heavy atom. The minimum Gasteiger partial charge on any atom is -0.342 e. The molecular formula is C34H29N. The quantitative estimate of drug-likeness (QED) is 0.241. The van der Waals surface area contributed by atoms with Gasteiger partial charge in [-0.15, -0.1) is 0 Å². The van der Waals surface area contributed by atoms with E-state index in [0.717, 1.165) is 6.54 Å². The monoisotopic (exact) mass is 451 g/mol. The third-order valence-electron chi connectivity index (χ3n) is 7.37. The minimum absolute atomic E-state index is 0.903. The van der Waals surface area contributed by atoms with Crippen molar-refractivity contribution in [1.29, 1.82) is 0 Å². The molecule has 6 rings (SSSR count). The van der Waals surface area contributed by atoms with Crippen LogP contribution in [0.15, 0.2) is 109 Å². The number of benzene rings is 6. The van der Waals surface area contributed by atoms with Gasteiger partial charge in [-0.05, 0) is 99.6 Å². The molecule has 0 aromatic heterocycles. The van der Waals surface area contributed by atoms with Crippen LogP contribution in [0, 0.1) is 13.8 Å². The van der Waals surface area contributed by atoms with E-state index in [1.807, 2.05) is 0 Å². The molecule has 0 atom stereocenters. The third-order valence-corrected chi connectivity index (χ3v) is 7.37. The van der Waals surface area contributed by atoms with Gasteiger partial charge in [0.2, 0.25) is 0 Å². The molecule has 6 aromatic carbocycles. The normalized spacial score (nSPS) is 11.4. The maximum Gasteiger partial charge on any atom is 0.0417 e. The van der Waals surface area contributed by atoms with Gasteiger partial charge in [-0.25, -0.2) is 0 Å². The highest BCUT2D eigenvalue weighted by molar-refractivity contribution is 6.25. The van der Waals surface area contributed by atoms with E-state index in [-0.39, 0.29) is 0 Å². The SMILES string of the molecule is CCN(c1ccc(-c2ccc(C)c(C)c2)cc1)c1ccc2c3ccccc3c3ccccc3c2c1. The highest BCUT2D eigenvalue weighted by Crippen LogP contribution is 2.38. The van der Waals surface area contributed by atoms with E-state index in [0.29, 0.717) is 0 Å². The van der Waals surface area contributed by atoms with E-state index in [1.54, 1.807) is 0 Å². The van der Waals surface area contributed by atoms with Gasteiger partial charge in [0.05, 0.1) is 0 Å². The van der Waals surface area contributed by atoms with Crippen molar-refractivity contribution < 1.29 is 0 Å². The molecule has 0 unspecified atom stereocenters. The lowest BCUT2D eigenvalue weighted by atomic mass is 9.94. The molecule has 1 heteroatoms. The van der Waals surface area contributed by atoms with E-state index in [1.165, 1.54) is 65.9 Å². The summed E-state index contributed by atoms with van der Waals surface area (Å²) in [5.41, 5.74) is 7.62. The van der Waals surface area contributed by atoms with Crippen molar-refractivity contribution in [2.24, 2.45) is 0 Å². The number of hydrogen-bond acceptors (Lipinski definition) is 1. The van der Waals surface area contributed by atoms with Crippen LogP contribution in [0.4, 0.5) is 11.4 Å². The zero-order valence-corrected chi connectivity index (χ0v) is 20.5. The zero-order valence-electron chi connectivity index (χ0n) is 20.5. The van der Waals surface area contributed by atoms with Gasteiger partial charge in [0.15, 0.2) is 0 Å². The van der Waals surface area contributed by atoms with E-state index >= 15 is 0 Å². The van der Waals surface area contributed by atoms with Gasteiger partial charge in [-0.2, -0.15) is 0 Å². The largest absolute Gasteiger partial charge is 0.342 e. The summed E-state index contributed by atoms with van der Waals surface area (Å²) < 4.78 is 0. The van der Waals surface area contributed by atoms with Crippen LogP contribution >= 0.6 is 0 Å². The standard InChI is InChI=1S/C34H29N/c1-4-35(27-17-15-25(16-18-27)26-14-13-23(2)24(3)21-26)28-19-20-33-31-11-6-5-9-29(31)30-10-7-8-12-32(30)34(33)22-28/h5-22H,4H2,1-3H3. The van der Waals surface area contributed by atoms with Crippen molar-refractivity contribution in [1.82, 2.24) is 0 Å². The van der Waals surface area contributed by atoms with Gasteiger partial charge < -0.3 is 4.90 Å². The molecule has 0 N–H and O–H groups in total. The van der Waals surface area contributed by atoms with Crippen molar-refractivity contribution in [2.45, 2.75) is 20.8 Å². The predicted octanol–water partition coefficient (Wildman–Crippen LogP) is 9.59. The van der Waals surface area contributed by atoms with Crippen molar-refractivity contribution >= 4 is 43.7 Å². The van der Waals surface area contributed by atoms with Crippen LogP contribution in [0.3, 0.4) is 0 Å². The predicted molar refractivity (Wildman–Crippen MR) is 153 cm³/mol. The Hall–Kier alpha value is -4.10. The van der Waals surface area contributed by atoms with Gasteiger partial charge in [-0.3, -0.25) is 0 Å². The molecule has 170 valence electrons. The number of rotatable bonds is 4. The molecule has 0 amide bonds. The Balaban J connectivity index is 1.46. The molecular weight excluding hydrogens is 422 g/mol. The van der Waals surface area contributed by atoms with Crippen LogP contribution in [0.1, 0.15) is 18.1 Å². The summed E-state index contributed by atoms with van der Waals surface area (Å²) in [5, 5.41) is 7.87. The number of fused-ring (bicyclic) bond motifs is 6. The highest BCUT2D eigenvalue weighted by atomic mass is 15.1. The van der Waals surface area contributed by atoms with Crippen LogP contribution in [-0.2, 0) is 0 Å². The molecule has 0 heterocycles. The Morgan fingerprint density at radius 2 is 0.971 bits per heavy atom. The molecule has 0 saturated heterocycles. The summed E-state index contributed by atoms with van der Waals surface area (Å²) in [6.07, 6.45) is 0. The Labute approximate surface area is 207 Å². The Morgan fingerprint density at radius 1 is 0.457 bits per heavy atom. The maximum atomic E-state index is 2.40. The second kappa shape index (κ2) is 8.60. The van der Waals surface area contributed by atoms with Crippen molar-refractivity contribution in [3.8, 4) is 11.1 Å². The van der Waals surface area contributed by atoms with Crippen molar-refractivity contribution in [2.75, 3.05) is 11.4 Å². The van der Waals surface area contributed by atoms with Gasteiger partial charge in [0, 0.05) is 17.9 Å². The first-order valence-corrected chi connectivity index (χ1v) is 12.4. The van der Waals surface area contributed by atoms with E-state index < -0.39 is 0 Å². The summed E-state index contributed by atoms with van der Waals surface area (Å²) in [7, 11) is 0. The summed E-state index contributed by atoms with van der Waals surface area (Å²) in [6.45, 7) is 7.47. The fraction of sp³-hybridized carbons (Fsp3) is 0.118. The first kappa shape index (κ1) is 21.4. The van der Waals surface area contributed by atoms with Crippen LogP contribution in [0.2, 0.25) is 0 Å². The fourth-order valence-electron chi connectivity index (χ4n) is 5.33. The molecule has 6 aromatic rings. The molecule has 0 radical (unpaired) electrons. The number of anilines is 2. The van der Waals surface area contributed by atoms with Crippen LogP contribution in [0.5, 0.6) is 0 Å². The molecule has 35 heavy (non-hydrogen) atoms. The molecule has 1 nitrogen and oxygen atoms in total. The van der Waals surface area contributed by atoms with Gasteiger partial charge >= 0.3 is 0 Å². The smallest absolute Gasteiger partial charge is 0.0417 e. The fourth-order valence-corrected chi connectivity index (χ4v) is 5.33. The second-order valence-electron chi connectivity index (χ2n) is 9.41. The van der Waals surface area contributed by atoms with Crippen LogP contribution in [0.25, 0.3) is 43.4 Å². The van der Waals surface area contributed by atoms with Gasteiger partial charge in [0.25, 0.3) is 0 Å². The topological polar surface area (TPSA) is 3.24 Å². The zero-order chi connectivity index (χ0) is 23.9. The molecule has 0 spiro atoms. The number of hydrogen-bond donors (Lipinski definition) is 0. The average molecular weight is 452 g/mol. The molecule has 0 aliphatic heterocycles. The lowest BCUT2D eigenvalue weighted by Gasteiger charge is -2.24. The molecule has 0 bridgehead atoms. The Bertz CT molecular complexity index is 1660. The van der Waals surface area contributed by atoms with E-state index in [4.69, 9.17) is 0 Å². The van der Waals surface area contributed by atoms with E-state index in [2.05, 4.69) is 135 Å². The van der Waals surface area contributed by atoms with Crippen molar-refractivity contribution in [3.63, 3.8) is 0 Å². The number of aryl methyl sites for hydroxylation is 2. The highest BCUT2D eigenvalue weighted by Gasteiger charge is 2.13. The number of nitrogens with zero attached hydrogens (tertiary/aromatic N) is 1.